The number of carbonyl (C=O) groups excluding carboxylic acids is 1. The summed E-state index contributed by atoms with van der Waals surface area (Å²) in [4.78, 5) is 25.5. The molecule has 1 saturated heterocycles. The monoisotopic (exact) mass is 261 g/mol. The van der Waals surface area contributed by atoms with Crippen LogP contribution in [0.1, 0.15) is 37.0 Å². The zero-order valence-corrected chi connectivity index (χ0v) is 11.3. The van der Waals surface area contributed by atoms with E-state index >= 15 is 0 Å². The Kier molecular flexibility index (Phi) is 3.60. The molecule has 1 aliphatic heterocycles. The molecule has 1 aromatic carbocycles. The molecule has 0 aliphatic carbocycles. The lowest BCUT2D eigenvalue weighted by molar-refractivity contribution is -0.148. The maximum atomic E-state index is 12.5. The summed E-state index contributed by atoms with van der Waals surface area (Å²) in [6.45, 7) is 4.33. The average Bonchev–Trinajstić information content (AvgIpc) is 2.37. The summed E-state index contributed by atoms with van der Waals surface area (Å²) in [7, 11) is 0. The summed E-state index contributed by atoms with van der Waals surface area (Å²) in [5.74, 6) is -1.12. The Hall–Kier alpha value is -1.84. The molecule has 0 spiro atoms. The topological polar surface area (TPSA) is 57.6 Å². The van der Waals surface area contributed by atoms with E-state index in [2.05, 4.69) is 0 Å². The van der Waals surface area contributed by atoms with Gasteiger partial charge in [0, 0.05) is 12.1 Å². The lowest BCUT2D eigenvalue weighted by Crippen LogP contribution is -2.56. The molecule has 19 heavy (non-hydrogen) atoms. The van der Waals surface area contributed by atoms with Crippen LogP contribution in [0.15, 0.2) is 30.3 Å². The Morgan fingerprint density at radius 1 is 1.26 bits per heavy atom. The molecule has 1 aliphatic rings. The van der Waals surface area contributed by atoms with E-state index in [4.69, 9.17) is 0 Å². The van der Waals surface area contributed by atoms with E-state index in [1.165, 1.54) is 4.90 Å². The van der Waals surface area contributed by atoms with Gasteiger partial charge in [0.2, 0.25) is 0 Å². The molecule has 4 nitrogen and oxygen atoms in total. The van der Waals surface area contributed by atoms with Crippen LogP contribution in [0.5, 0.6) is 0 Å². The van der Waals surface area contributed by atoms with E-state index in [1.807, 2.05) is 19.9 Å². The Balaban J connectivity index is 2.32. The van der Waals surface area contributed by atoms with Gasteiger partial charge in [0.1, 0.15) is 6.04 Å². The Morgan fingerprint density at radius 3 is 2.47 bits per heavy atom. The van der Waals surface area contributed by atoms with Crippen LogP contribution in [0.25, 0.3) is 0 Å². The molecule has 1 amide bonds. The standard InChI is InChI=1S/C15H19NO3/c1-15(2)9-6-10-16(12(15)14(18)19)13(17)11-7-4-3-5-8-11/h3-5,7-8,12H,6,9-10H2,1-2H3,(H,18,19)/t12-/m0/s1. The second-order valence-corrected chi connectivity index (χ2v) is 5.70. The third-order valence-electron chi connectivity index (χ3n) is 3.79. The van der Waals surface area contributed by atoms with E-state index in [-0.39, 0.29) is 5.91 Å². The van der Waals surface area contributed by atoms with Crippen molar-refractivity contribution in [3.8, 4) is 0 Å². The zero-order chi connectivity index (χ0) is 14.0. The largest absolute Gasteiger partial charge is 0.480 e. The molecular formula is C15H19NO3. The molecule has 1 heterocycles. The van der Waals surface area contributed by atoms with Crippen LogP contribution in [-0.4, -0.2) is 34.5 Å². The third-order valence-corrected chi connectivity index (χ3v) is 3.79. The van der Waals surface area contributed by atoms with Gasteiger partial charge in [-0.1, -0.05) is 32.0 Å². The van der Waals surface area contributed by atoms with Crippen LogP contribution < -0.4 is 0 Å². The maximum Gasteiger partial charge on any atom is 0.326 e. The number of hydrogen-bond donors (Lipinski definition) is 1. The summed E-state index contributed by atoms with van der Waals surface area (Å²) >= 11 is 0. The number of benzene rings is 1. The number of carboxylic acids is 1. The van der Waals surface area contributed by atoms with Gasteiger partial charge >= 0.3 is 5.97 Å². The summed E-state index contributed by atoms with van der Waals surface area (Å²) < 4.78 is 0. The highest BCUT2D eigenvalue weighted by Gasteiger charge is 2.44. The number of aliphatic carboxylic acids is 1. The van der Waals surface area contributed by atoms with Crippen molar-refractivity contribution in [1.82, 2.24) is 4.90 Å². The molecule has 0 radical (unpaired) electrons. The number of amides is 1. The minimum absolute atomic E-state index is 0.194. The van der Waals surface area contributed by atoms with Gasteiger partial charge in [-0.2, -0.15) is 0 Å². The Morgan fingerprint density at radius 2 is 1.89 bits per heavy atom. The first-order valence-corrected chi connectivity index (χ1v) is 6.52. The van der Waals surface area contributed by atoms with Gasteiger partial charge in [-0.3, -0.25) is 4.79 Å². The predicted octanol–water partition coefficient (Wildman–Crippen LogP) is 2.40. The number of carboxylic acid groups (broad SMARTS) is 1. The van der Waals surface area contributed by atoms with Gasteiger partial charge in [0.15, 0.2) is 0 Å². The second kappa shape index (κ2) is 5.03. The van der Waals surface area contributed by atoms with Gasteiger partial charge in [-0.15, -0.1) is 0 Å². The molecule has 0 saturated carbocycles. The lowest BCUT2D eigenvalue weighted by Gasteiger charge is -2.44. The molecule has 1 fully saturated rings. The maximum absolute atomic E-state index is 12.5. The van der Waals surface area contributed by atoms with Crippen molar-refractivity contribution in [3.63, 3.8) is 0 Å². The quantitative estimate of drug-likeness (QED) is 0.889. The van der Waals surface area contributed by atoms with Gasteiger partial charge in [-0.25, -0.2) is 4.79 Å². The van der Waals surface area contributed by atoms with Crippen LogP contribution in [0, 0.1) is 5.41 Å². The summed E-state index contributed by atoms with van der Waals surface area (Å²) in [5, 5.41) is 9.45. The highest BCUT2D eigenvalue weighted by Crippen LogP contribution is 2.36. The van der Waals surface area contributed by atoms with Gasteiger partial charge in [0.25, 0.3) is 5.91 Å². The molecule has 0 unspecified atom stereocenters. The minimum atomic E-state index is -0.922. The number of rotatable bonds is 2. The number of carbonyl (C=O) groups is 2. The van der Waals surface area contributed by atoms with Crippen molar-refractivity contribution in [2.24, 2.45) is 5.41 Å². The van der Waals surface area contributed by atoms with Gasteiger partial charge in [0.05, 0.1) is 0 Å². The fourth-order valence-electron chi connectivity index (χ4n) is 2.83. The first-order valence-electron chi connectivity index (χ1n) is 6.52. The van der Waals surface area contributed by atoms with E-state index in [9.17, 15) is 14.7 Å². The van der Waals surface area contributed by atoms with Crippen molar-refractivity contribution in [1.29, 1.82) is 0 Å². The van der Waals surface area contributed by atoms with Crippen LogP contribution >= 0.6 is 0 Å². The van der Waals surface area contributed by atoms with Crippen molar-refractivity contribution in [2.75, 3.05) is 6.54 Å². The highest BCUT2D eigenvalue weighted by molar-refractivity contribution is 5.96. The molecule has 4 heteroatoms. The molecule has 1 N–H and O–H groups in total. The van der Waals surface area contributed by atoms with Crippen molar-refractivity contribution >= 4 is 11.9 Å². The van der Waals surface area contributed by atoms with Crippen LogP contribution in [0.4, 0.5) is 0 Å². The highest BCUT2D eigenvalue weighted by atomic mass is 16.4. The number of nitrogens with zero attached hydrogens (tertiary/aromatic N) is 1. The van der Waals surface area contributed by atoms with Crippen LogP contribution in [-0.2, 0) is 4.79 Å². The summed E-state index contributed by atoms with van der Waals surface area (Å²) in [5.41, 5.74) is 0.153. The second-order valence-electron chi connectivity index (χ2n) is 5.70. The van der Waals surface area contributed by atoms with Crippen LogP contribution in [0.2, 0.25) is 0 Å². The van der Waals surface area contributed by atoms with Crippen molar-refractivity contribution < 1.29 is 14.7 Å². The number of likely N-dealkylation sites (tertiary alicyclic amines) is 1. The average molecular weight is 261 g/mol. The summed E-state index contributed by atoms with van der Waals surface area (Å²) in [6.07, 6.45) is 1.66. The molecule has 0 bridgehead atoms. The Labute approximate surface area is 113 Å². The Bertz CT molecular complexity index is 481. The van der Waals surface area contributed by atoms with E-state index in [0.717, 1.165) is 12.8 Å². The fraction of sp³-hybridized carbons (Fsp3) is 0.467. The minimum Gasteiger partial charge on any atom is -0.480 e. The molecular weight excluding hydrogens is 242 g/mol. The predicted molar refractivity (Wildman–Crippen MR) is 71.9 cm³/mol. The normalized spacial score (nSPS) is 22.0. The first-order chi connectivity index (χ1) is 8.93. The van der Waals surface area contributed by atoms with E-state index in [0.29, 0.717) is 12.1 Å². The van der Waals surface area contributed by atoms with Crippen LogP contribution in [0.3, 0.4) is 0 Å². The zero-order valence-electron chi connectivity index (χ0n) is 11.3. The SMILES string of the molecule is CC1(C)CCCN(C(=O)c2ccccc2)[C@H]1C(=O)O. The molecule has 0 aromatic heterocycles. The first kappa shape index (κ1) is 13.6. The molecule has 102 valence electrons. The molecule has 1 aromatic rings. The van der Waals surface area contributed by atoms with Crippen molar-refractivity contribution in [3.05, 3.63) is 35.9 Å². The van der Waals surface area contributed by atoms with Gasteiger partial charge in [-0.05, 0) is 30.4 Å². The molecule has 2 rings (SSSR count). The summed E-state index contributed by atoms with van der Waals surface area (Å²) in [6, 6.07) is 8.11. The lowest BCUT2D eigenvalue weighted by atomic mass is 9.76. The van der Waals surface area contributed by atoms with E-state index in [1.54, 1.807) is 24.3 Å². The number of hydrogen-bond acceptors (Lipinski definition) is 2. The fourth-order valence-corrected chi connectivity index (χ4v) is 2.83. The van der Waals surface area contributed by atoms with Crippen molar-refractivity contribution in [2.45, 2.75) is 32.7 Å². The van der Waals surface area contributed by atoms with E-state index < -0.39 is 17.4 Å². The number of piperidine rings is 1. The third kappa shape index (κ3) is 2.62. The smallest absolute Gasteiger partial charge is 0.326 e. The molecule has 1 atom stereocenters. The van der Waals surface area contributed by atoms with Gasteiger partial charge < -0.3 is 10.0 Å².